The molecule has 0 unspecified atom stereocenters. The van der Waals surface area contributed by atoms with Crippen molar-refractivity contribution in [1.82, 2.24) is 9.97 Å². The van der Waals surface area contributed by atoms with Crippen LogP contribution < -0.4 is 0 Å². The fourth-order valence-corrected chi connectivity index (χ4v) is 5.68. The first-order valence-corrected chi connectivity index (χ1v) is 11.0. The maximum atomic E-state index is 4.53. The number of aromatic nitrogens is 2. The predicted octanol–water partition coefficient (Wildman–Crippen LogP) is 7.08. The van der Waals surface area contributed by atoms with Gasteiger partial charge in [-0.25, -0.2) is 0 Å². The van der Waals surface area contributed by atoms with Crippen molar-refractivity contribution in [3.8, 4) is 11.1 Å². The van der Waals surface area contributed by atoms with E-state index in [1.165, 1.54) is 55.2 Å². The number of pyridine rings is 1. The van der Waals surface area contributed by atoms with Crippen molar-refractivity contribution in [3.63, 3.8) is 0 Å². The van der Waals surface area contributed by atoms with Crippen LogP contribution in [0.3, 0.4) is 0 Å². The number of rotatable bonds is 2. The molecule has 0 bridgehead atoms. The van der Waals surface area contributed by atoms with Gasteiger partial charge in [0.1, 0.15) is 0 Å². The molecule has 0 saturated heterocycles. The van der Waals surface area contributed by atoms with E-state index in [1.54, 1.807) is 0 Å². The quantitative estimate of drug-likeness (QED) is 0.325. The number of aromatic amines is 1. The molecule has 4 aromatic carbocycles. The van der Waals surface area contributed by atoms with Gasteiger partial charge in [0, 0.05) is 34.2 Å². The summed E-state index contributed by atoms with van der Waals surface area (Å²) in [7, 11) is 0. The minimum absolute atomic E-state index is 0.410. The Labute approximate surface area is 186 Å². The highest BCUT2D eigenvalue weighted by Crippen LogP contribution is 2.56. The van der Waals surface area contributed by atoms with E-state index in [9.17, 15) is 0 Å². The molecule has 0 spiro atoms. The van der Waals surface area contributed by atoms with Crippen LogP contribution in [0.4, 0.5) is 0 Å². The SMILES string of the molecule is c1ccc([C@]2(c3cccnc3)c3ccccc3-c3cc4c(cc32)[nH]c2ccccc24)cc1. The molecule has 2 nitrogen and oxygen atoms in total. The molecule has 6 aromatic rings. The summed E-state index contributed by atoms with van der Waals surface area (Å²) in [6.07, 6.45) is 3.87. The van der Waals surface area contributed by atoms with Crippen molar-refractivity contribution in [1.29, 1.82) is 0 Å². The molecule has 1 atom stereocenters. The Balaban J connectivity index is 1.69. The van der Waals surface area contributed by atoms with Crippen LogP contribution in [0.2, 0.25) is 0 Å². The molecule has 0 aliphatic heterocycles. The van der Waals surface area contributed by atoms with Crippen LogP contribution in [0.5, 0.6) is 0 Å². The van der Waals surface area contributed by atoms with Crippen LogP contribution >= 0.6 is 0 Å². The third-order valence-corrected chi connectivity index (χ3v) is 6.97. The first kappa shape index (κ1) is 17.5. The number of nitrogens with zero attached hydrogens (tertiary/aromatic N) is 1. The highest BCUT2D eigenvalue weighted by atomic mass is 14.7. The molecular weight excluding hydrogens is 388 g/mol. The van der Waals surface area contributed by atoms with E-state index in [2.05, 4.69) is 107 Å². The second-order valence-electron chi connectivity index (χ2n) is 8.52. The van der Waals surface area contributed by atoms with E-state index in [4.69, 9.17) is 0 Å². The normalized spacial score (nSPS) is 16.9. The lowest BCUT2D eigenvalue weighted by atomic mass is 9.68. The van der Waals surface area contributed by atoms with Crippen LogP contribution in [-0.4, -0.2) is 9.97 Å². The van der Waals surface area contributed by atoms with Gasteiger partial charge in [0.25, 0.3) is 0 Å². The van der Waals surface area contributed by atoms with E-state index in [0.29, 0.717) is 0 Å². The highest BCUT2D eigenvalue weighted by molar-refractivity contribution is 6.10. The number of H-pyrrole nitrogens is 1. The van der Waals surface area contributed by atoms with Crippen molar-refractivity contribution in [2.24, 2.45) is 0 Å². The van der Waals surface area contributed by atoms with Crippen molar-refractivity contribution >= 4 is 21.8 Å². The Kier molecular flexibility index (Phi) is 3.51. The molecule has 2 heteroatoms. The third kappa shape index (κ3) is 2.16. The second-order valence-corrected chi connectivity index (χ2v) is 8.52. The summed E-state index contributed by atoms with van der Waals surface area (Å²) in [5, 5.41) is 2.53. The van der Waals surface area contributed by atoms with E-state index >= 15 is 0 Å². The fraction of sp³-hybridized carbons (Fsp3) is 0.0333. The largest absolute Gasteiger partial charge is 0.355 e. The van der Waals surface area contributed by atoms with Gasteiger partial charge in [0.05, 0.1) is 5.41 Å². The van der Waals surface area contributed by atoms with Crippen molar-refractivity contribution < 1.29 is 0 Å². The maximum Gasteiger partial charge on any atom is 0.0729 e. The van der Waals surface area contributed by atoms with E-state index < -0.39 is 5.41 Å². The van der Waals surface area contributed by atoms with Gasteiger partial charge in [-0.2, -0.15) is 0 Å². The topological polar surface area (TPSA) is 28.7 Å². The van der Waals surface area contributed by atoms with Gasteiger partial charge in [-0.05, 0) is 57.6 Å². The number of benzene rings is 4. The van der Waals surface area contributed by atoms with Crippen molar-refractivity contribution in [2.75, 3.05) is 0 Å². The zero-order valence-electron chi connectivity index (χ0n) is 17.4. The summed E-state index contributed by atoms with van der Waals surface area (Å²) in [5.41, 5.74) is 9.58. The molecule has 0 fully saturated rings. The minimum Gasteiger partial charge on any atom is -0.355 e. The fourth-order valence-electron chi connectivity index (χ4n) is 5.68. The molecule has 2 aromatic heterocycles. The van der Waals surface area contributed by atoms with Crippen LogP contribution in [-0.2, 0) is 5.41 Å². The van der Waals surface area contributed by atoms with Gasteiger partial charge >= 0.3 is 0 Å². The van der Waals surface area contributed by atoms with Crippen LogP contribution in [0, 0.1) is 0 Å². The molecule has 2 heterocycles. The number of fused-ring (bicyclic) bond motifs is 6. The van der Waals surface area contributed by atoms with Gasteiger partial charge in [0.2, 0.25) is 0 Å². The smallest absolute Gasteiger partial charge is 0.0729 e. The minimum atomic E-state index is -0.410. The lowest BCUT2D eigenvalue weighted by molar-refractivity contribution is 0.763. The molecule has 1 aliphatic carbocycles. The second kappa shape index (κ2) is 6.41. The van der Waals surface area contributed by atoms with Gasteiger partial charge in [-0.15, -0.1) is 0 Å². The Morgan fingerprint density at radius 3 is 2.22 bits per heavy atom. The third-order valence-electron chi connectivity index (χ3n) is 6.97. The Bertz CT molecular complexity index is 1570. The molecule has 1 N–H and O–H groups in total. The first-order chi connectivity index (χ1) is 15.9. The van der Waals surface area contributed by atoms with E-state index in [1.807, 2.05) is 18.5 Å². The maximum absolute atomic E-state index is 4.53. The Hall–Kier alpha value is -4.17. The van der Waals surface area contributed by atoms with Gasteiger partial charge in [-0.1, -0.05) is 78.9 Å². The molecular formula is C30H20N2. The van der Waals surface area contributed by atoms with Gasteiger partial charge < -0.3 is 4.98 Å². The van der Waals surface area contributed by atoms with Crippen LogP contribution in [0.15, 0.2) is 116 Å². The standard InChI is InChI=1S/C30H20N2/c1-2-9-20(10-3-1)30(21-11-8-16-31-19-21)26-14-6-4-12-22(26)24-17-25-23-13-5-7-15-28(23)32-29(25)18-27(24)30/h1-19,32H/t30-/m0/s1. The zero-order chi connectivity index (χ0) is 21.1. The van der Waals surface area contributed by atoms with E-state index in [0.717, 1.165) is 0 Å². The van der Waals surface area contributed by atoms with Crippen LogP contribution in [0.25, 0.3) is 32.9 Å². The summed E-state index contributed by atoms with van der Waals surface area (Å²) in [5.74, 6) is 0. The molecule has 150 valence electrons. The predicted molar refractivity (Wildman–Crippen MR) is 131 cm³/mol. The van der Waals surface area contributed by atoms with Crippen molar-refractivity contribution in [2.45, 2.75) is 5.41 Å². The lowest BCUT2D eigenvalue weighted by Crippen LogP contribution is -2.28. The average molecular weight is 409 g/mol. The molecule has 0 saturated carbocycles. The number of nitrogens with one attached hydrogen (secondary N) is 1. The summed E-state index contributed by atoms with van der Waals surface area (Å²) in [4.78, 5) is 8.19. The highest BCUT2D eigenvalue weighted by Gasteiger charge is 2.46. The van der Waals surface area contributed by atoms with E-state index in [-0.39, 0.29) is 0 Å². The summed E-state index contributed by atoms with van der Waals surface area (Å²) in [6, 6.07) is 37.2. The van der Waals surface area contributed by atoms with Crippen LogP contribution in [0.1, 0.15) is 22.3 Å². The molecule has 1 aliphatic rings. The monoisotopic (exact) mass is 408 g/mol. The lowest BCUT2D eigenvalue weighted by Gasteiger charge is -2.33. The summed E-state index contributed by atoms with van der Waals surface area (Å²) in [6.45, 7) is 0. The molecule has 0 amide bonds. The summed E-state index contributed by atoms with van der Waals surface area (Å²) >= 11 is 0. The Morgan fingerprint density at radius 1 is 0.562 bits per heavy atom. The Morgan fingerprint density at radius 2 is 1.34 bits per heavy atom. The summed E-state index contributed by atoms with van der Waals surface area (Å²) < 4.78 is 0. The van der Waals surface area contributed by atoms with Gasteiger partial charge in [-0.3, -0.25) is 4.98 Å². The zero-order valence-corrected chi connectivity index (χ0v) is 17.4. The molecule has 32 heavy (non-hydrogen) atoms. The number of hydrogen-bond donors (Lipinski definition) is 1. The first-order valence-electron chi connectivity index (χ1n) is 11.0. The van der Waals surface area contributed by atoms with Gasteiger partial charge in [0.15, 0.2) is 0 Å². The number of para-hydroxylation sites is 1. The molecule has 7 rings (SSSR count). The average Bonchev–Trinajstić information content (AvgIpc) is 3.37. The molecule has 0 radical (unpaired) electrons. The number of hydrogen-bond acceptors (Lipinski definition) is 1. The van der Waals surface area contributed by atoms with Crippen molar-refractivity contribution in [3.05, 3.63) is 138 Å².